The van der Waals surface area contributed by atoms with Gasteiger partial charge < -0.3 is 4.74 Å². The first kappa shape index (κ1) is 12.5. The molecule has 0 aliphatic carbocycles. The molecule has 0 radical (unpaired) electrons. The molecular formula is C14H18O2. The van der Waals surface area contributed by atoms with Crippen molar-refractivity contribution in [2.24, 2.45) is 0 Å². The average Bonchev–Trinajstić information content (AvgIpc) is 2.27. The normalized spacial score (nSPS) is 11.9. The van der Waals surface area contributed by atoms with E-state index in [0.29, 0.717) is 13.0 Å². The van der Waals surface area contributed by atoms with Crippen molar-refractivity contribution in [3.63, 3.8) is 0 Å². The second-order valence-corrected chi connectivity index (χ2v) is 3.76. The summed E-state index contributed by atoms with van der Waals surface area (Å²) in [4.78, 5) is 11.4. The van der Waals surface area contributed by atoms with Gasteiger partial charge in [0.2, 0.25) is 0 Å². The zero-order valence-electron chi connectivity index (χ0n) is 9.90. The van der Waals surface area contributed by atoms with Crippen molar-refractivity contribution < 1.29 is 9.53 Å². The fraction of sp³-hybridized carbons (Fsp3) is 0.357. The Morgan fingerprint density at radius 1 is 1.44 bits per heavy atom. The molecule has 0 aliphatic rings. The predicted molar refractivity (Wildman–Crippen MR) is 65.4 cm³/mol. The summed E-state index contributed by atoms with van der Waals surface area (Å²) in [6.07, 6.45) is 2.15. The topological polar surface area (TPSA) is 26.3 Å². The van der Waals surface area contributed by atoms with E-state index in [1.807, 2.05) is 38.1 Å². The molecule has 0 aromatic heterocycles. The minimum absolute atomic E-state index is 0.0413. The highest BCUT2D eigenvalue weighted by atomic mass is 16.5. The van der Waals surface area contributed by atoms with Crippen LogP contribution in [0.25, 0.3) is 0 Å². The third-order valence-corrected chi connectivity index (χ3v) is 2.48. The Kier molecular flexibility index (Phi) is 4.77. The molecule has 0 saturated heterocycles. The molecule has 0 spiro atoms. The van der Waals surface area contributed by atoms with Crippen molar-refractivity contribution >= 4 is 5.97 Å². The molecule has 1 unspecified atom stereocenters. The van der Waals surface area contributed by atoms with Crippen LogP contribution in [0.15, 0.2) is 36.9 Å². The summed E-state index contributed by atoms with van der Waals surface area (Å²) in [6, 6.07) is 8.13. The molecule has 0 saturated carbocycles. The van der Waals surface area contributed by atoms with Gasteiger partial charge >= 0.3 is 5.97 Å². The van der Waals surface area contributed by atoms with Crippen LogP contribution in [0.3, 0.4) is 0 Å². The lowest BCUT2D eigenvalue weighted by atomic mass is 9.95. The first-order chi connectivity index (χ1) is 7.67. The fourth-order valence-corrected chi connectivity index (χ4v) is 1.55. The summed E-state index contributed by atoms with van der Waals surface area (Å²) in [5.74, 6) is -0.132. The van der Waals surface area contributed by atoms with Crippen LogP contribution in [0.5, 0.6) is 0 Å². The second kappa shape index (κ2) is 6.11. The molecule has 16 heavy (non-hydrogen) atoms. The van der Waals surface area contributed by atoms with Crippen LogP contribution >= 0.6 is 0 Å². The summed E-state index contributed by atoms with van der Waals surface area (Å²) < 4.78 is 4.93. The van der Waals surface area contributed by atoms with Crippen LogP contribution in [-0.4, -0.2) is 12.6 Å². The lowest BCUT2D eigenvalue weighted by molar-refractivity contribution is -0.143. The fourth-order valence-electron chi connectivity index (χ4n) is 1.55. The minimum Gasteiger partial charge on any atom is -0.466 e. The summed E-state index contributed by atoms with van der Waals surface area (Å²) in [5, 5.41) is 0. The van der Waals surface area contributed by atoms with Gasteiger partial charge in [0.15, 0.2) is 0 Å². The molecule has 0 amide bonds. The molecule has 1 atom stereocenters. The minimum atomic E-state index is -0.173. The van der Waals surface area contributed by atoms with Crippen LogP contribution in [0, 0.1) is 6.92 Å². The molecule has 2 heteroatoms. The van der Waals surface area contributed by atoms with E-state index in [2.05, 4.69) is 6.58 Å². The maximum absolute atomic E-state index is 11.4. The van der Waals surface area contributed by atoms with Gasteiger partial charge in [-0.15, -0.1) is 6.58 Å². The summed E-state index contributed by atoms with van der Waals surface area (Å²) in [6.45, 7) is 8.04. The quantitative estimate of drug-likeness (QED) is 0.560. The van der Waals surface area contributed by atoms with E-state index in [1.54, 1.807) is 6.08 Å². The third-order valence-electron chi connectivity index (χ3n) is 2.48. The number of hydrogen-bond acceptors (Lipinski definition) is 2. The molecule has 86 valence electrons. The highest BCUT2D eigenvalue weighted by molar-refractivity contribution is 5.71. The van der Waals surface area contributed by atoms with Crippen molar-refractivity contribution in [3.05, 3.63) is 48.0 Å². The molecular weight excluding hydrogens is 200 g/mol. The Morgan fingerprint density at radius 2 is 2.06 bits per heavy atom. The molecule has 0 heterocycles. The van der Waals surface area contributed by atoms with Gasteiger partial charge in [-0.2, -0.15) is 0 Å². The van der Waals surface area contributed by atoms with Gasteiger partial charge in [-0.25, -0.2) is 0 Å². The van der Waals surface area contributed by atoms with Crippen LogP contribution in [-0.2, 0) is 9.53 Å². The Balaban J connectivity index is 2.71. The third kappa shape index (κ3) is 3.54. The number of rotatable bonds is 5. The van der Waals surface area contributed by atoms with Gasteiger partial charge in [0.25, 0.3) is 0 Å². The maximum atomic E-state index is 11.4. The Morgan fingerprint density at radius 3 is 2.56 bits per heavy atom. The van der Waals surface area contributed by atoms with E-state index < -0.39 is 0 Å². The number of ether oxygens (including phenoxy) is 1. The first-order valence-corrected chi connectivity index (χ1v) is 5.52. The average molecular weight is 218 g/mol. The van der Waals surface area contributed by atoms with Gasteiger partial charge in [-0.1, -0.05) is 35.9 Å². The molecule has 0 aliphatic heterocycles. The van der Waals surface area contributed by atoms with Crippen LogP contribution in [0.4, 0.5) is 0 Å². The number of benzene rings is 1. The van der Waals surface area contributed by atoms with Crippen molar-refractivity contribution in [3.8, 4) is 0 Å². The number of aryl methyl sites for hydroxylation is 1. The van der Waals surface area contributed by atoms with E-state index in [-0.39, 0.29) is 11.9 Å². The molecule has 2 nitrogen and oxygen atoms in total. The van der Waals surface area contributed by atoms with E-state index in [9.17, 15) is 4.79 Å². The summed E-state index contributed by atoms with van der Waals surface area (Å²) in [5.41, 5.74) is 2.32. The van der Waals surface area contributed by atoms with Crippen molar-refractivity contribution in [1.82, 2.24) is 0 Å². The monoisotopic (exact) mass is 218 g/mol. The largest absolute Gasteiger partial charge is 0.466 e. The number of carbonyl (C=O) groups is 1. The van der Waals surface area contributed by atoms with Gasteiger partial charge in [0.1, 0.15) is 0 Å². The molecule has 0 N–H and O–H groups in total. The standard InChI is InChI=1S/C14H18O2/c1-4-12(10-14(15)16-5-2)13-8-6-11(3)7-9-13/h4,6-9,12H,1,5,10H2,2-3H3. The highest BCUT2D eigenvalue weighted by Gasteiger charge is 2.13. The maximum Gasteiger partial charge on any atom is 0.306 e. The SMILES string of the molecule is C=CC(CC(=O)OCC)c1ccc(C)cc1. The second-order valence-electron chi connectivity index (χ2n) is 3.76. The van der Waals surface area contributed by atoms with E-state index >= 15 is 0 Å². The first-order valence-electron chi connectivity index (χ1n) is 5.52. The number of carbonyl (C=O) groups excluding carboxylic acids is 1. The van der Waals surface area contributed by atoms with Gasteiger partial charge in [-0.3, -0.25) is 4.79 Å². The molecule has 0 bridgehead atoms. The lowest BCUT2D eigenvalue weighted by Gasteiger charge is -2.12. The van der Waals surface area contributed by atoms with Gasteiger partial charge in [0, 0.05) is 5.92 Å². The van der Waals surface area contributed by atoms with E-state index in [1.165, 1.54) is 5.56 Å². The summed E-state index contributed by atoms with van der Waals surface area (Å²) >= 11 is 0. The predicted octanol–water partition coefficient (Wildman–Crippen LogP) is 3.22. The Bertz CT molecular complexity index is 352. The highest BCUT2D eigenvalue weighted by Crippen LogP contribution is 2.21. The summed E-state index contributed by atoms with van der Waals surface area (Å²) in [7, 11) is 0. The van der Waals surface area contributed by atoms with Crippen LogP contribution < -0.4 is 0 Å². The van der Waals surface area contributed by atoms with Crippen molar-refractivity contribution in [1.29, 1.82) is 0 Å². The lowest BCUT2D eigenvalue weighted by Crippen LogP contribution is -2.08. The molecule has 0 fully saturated rings. The van der Waals surface area contributed by atoms with Crippen molar-refractivity contribution in [2.45, 2.75) is 26.2 Å². The molecule has 1 aromatic carbocycles. The number of allylic oxidation sites excluding steroid dienone is 1. The van der Waals surface area contributed by atoms with Crippen molar-refractivity contribution in [2.75, 3.05) is 6.61 Å². The molecule has 1 rings (SSSR count). The molecule has 1 aromatic rings. The number of hydrogen-bond donors (Lipinski definition) is 0. The van der Waals surface area contributed by atoms with Crippen LogP contribution in [0.2, 0.25) is 0 Å². The zero-order chi connectivity index (χ0) is 12.0. The smallest absolute Gasteiger partial charge is 0.306 e. The van der Waals surface area contributed by atoms with Crippen LogP contribution in [0.1, 0.15) is 30.4 Å². The Labute approximate surface area is 96.9 Å². The number of esters is 1. The van der Waals surface area contributed by atoms with E-state index in [0.717, 1.165) is 5.56 Å². The van der Waals surface area contributed by atoms with Gasteiger partial charge in [0.05, 0.1) is 13.0 Å². The van der Waals surface area contributed by atoms with Gasteiger partial charge in [-0.05, 0) is 19.4 Å². The van der Waals surface area contributed by atoms with E-state index in [4.69, 9.17) is 4.74 Å². The zero-order valence-corrected chi connectivity index (χ0v) is 9.90. The Hall–Kier alpha value is -1.57.